The number of nitrogens with one attached hydrogen (secondary N) is 1. The normalized spacial score (nSPS) is 19.2. The molecule has 2 aromatic carbocycles. The van der Waals surface area contributed by atoms with Crippen molar-refractivity contribution >= 4 is 62.1 Å². The molecule has 1 saturated heterocycles. The molecular weight excluding hydrogens is 516 g/mol. The van der Waals surface area contributed by atoms with E-state index in [9.17, 15) is 14.4 Å². The monoisotopic (exact) mass is 540 g/mol. The molecular formula is C25H25BrN4O3S. The average Bonchev–Trinajstić information content (AvgIpc) is 3.39. The number of imide groups is 1. The number of para-hydroxylation sites is 2. The van der Waals surface area contributed by atoms with Crippen LogP contribution in [-0.2, 0) is 14.4 Å². The van der Waals surface area contributed by atoms with Crippen LogP contribution < -0.4 is 4.90 Å². The van der Waals surface area contributed by atoms with E-state index >= 15 is 0 Å². The van der Waals surface area contributed by atoms with E-state index in [1.165, 1.54) is 16.7 Å². The maximum Gasteiger partial charge on any atom is 0.257 e. The third-order valence-corrected chi connectivity index (χ3v) is 7.89. The van der Waals surface area contributed by atoms with E-state index in [1.807, 2.05) is 24.3 Å². The third kappa shape index (κ3) is 4.63. The molecule has 9 heteroatoms. The second-order valence-electron chi connectivity index (χ2n) is 8.70. The fraction of sp³-hybridized carbons (Fsp3) is 0.360. The van der Waals surface area contributed by atoms with Crippen molar-refractivity contribution in [2.75, 3.05) is 10.7 Å². The first-order chi connectivity index (χ1) is 16.5. The molecule has 7 nitrogen and oxygen atoms in total. The van der Waals surface area contributed by atoms with Crippen LogP contribution in [0, 0.1) is 0 Å². The fourth-order valence-electron chi connectivity index (χ4n) is 4.89. The van der Waals surface area contributed by atoms with Crippen LogP contribution in [0.1, 0.15) is 38.5 Å². The van der Waals surface area contributed by atoms with Gasteiger partial charge in [0.25, 0.3) is 5.91 Å². The van der Waals surface area contributed by atoms with Gasteiger partial charge in [-0.05, 0) is 49.2 Å². The molecule has 1 saturated carbocycles. The lowest BCUT2D eigenvalue weighted by Gasteiger charge is -2.37. The summed E-state index contributed by atoms with van der Waals surface area (Å²) >= 11 is 4.72. The molecule has 1 aliphatic carbocycles. The molecule has 3 amide bonds. The lowest BCUT2D eigenvalue weighted by Crippen LogP contribution is -2.52. The second kappa shape index (κ2) is 9.92. The number of fused-ring (bicyclic) bond motifs is 1. The van der Waals surface area contributed by atoms with Gasteiger partial charge in [-0.25, -0.2) is 9.88 Å². The van der Waals surface area contributed by atoms with Gasteiger partial charge in [0.2, 0.25) is 11.8 Å². The SMILES string of the molecule is O=C1CC(N(C(=O)CSc2nc3ccccc3[nH]2)C2CCCCC2)C(=O)N1c1ccc(Br)cc1. The number of H-pyrrole nitrogens is 1. The maximum absolute atomic E-state index is 13.5. The van der Waals surface area contributed by atoms with E-state index in [2.05, 4.69) is 25.9 Å². The third-order valence-electron chi connectivity index (χ3n) is 6.50. The molecule has 2 fully saturated rings. The van der Waals surface area contributed by atoms with Gasteiger partial charge in [-0.2, -0.15) is 0 Å². The van der Waals surface area contributed by atoms with Crippen LogP contribution in [0.15, 0.2) is 58.2 Å². The first-order valence-electron chi connectivity index (χ1n) is 11.5. The Balaban J connectivity index is 1.36. The molecule has 1 unspecified atom stereocenters. The summed E-state index contributed by atoms with van der Waals surface area (Å²) in [5, 5.41) is 0.670. The number of hydrogen-bond donors (Lipinski definition) is 1. The molecule has 5 rings (SSSR count). The molecule has 34 heavy (non-hydrogen) atoms. The summed E-state index contributed by atoms with van der Waals surface area (Å²) in [6.07, 6.45) is 4.92. The molecule has 1 atom stereocenters. The lowest BCUT2D eigenvalue weighted by molar-refractivity contribution is -0.139. The number of imidazole rings is 1. The molecule has 0 spiro atoms. The number of aromatic nitrogens is 2. The van der Waals surface area contributed by atoms with Crippen LogP contribution in [0.25, 0.3) is 11.0 Å². The van der Waals surface area contributed by atoms with Gasteiger partial charge in [0, 0.05) is 10.5 Å². The summed E-state index contributed by atoms with van der Waals surface area (Å²) in [7, 11) is 0. The lowest BCUT2D eigenvalue weighted by atomic mass is 9.92. The van der Waals surface area contributed by atoms with Gasteiger partial charge in [0.05, 0.1) is 28.9 Å². The van der Waals surface area contributed by atoms with Crippen molar-refractivity contribution in [1.29, 1.82) is 0 Å². The summed E-state index contributed by atoms with van der Waals surface area (Å²) in [5.41, 5.74) is 2.31. The molecule has 1 N–H and O–H groups in total. The molecule has 2 aliphatic rings. The van der Waals surface area contributed by atoms with E-state index in [-0.39, 0.29) is 35.9 Å². The van der Waals surface area contributed by atoms with Crippen LogP contribution in [0.5, 0.6) is 0 Å². The number of halogens is 1. The van der Waals surface area contributed by atoms with Gasteiger partial charge < -0.3 is 9.88 Å². The van der Waals surface area contributed by atoms with Crippen LogP contribution in [0.2, 0.25) is 0 Å². The number of rotatable bonds is 6. The van der Waals surface area contributed by atoms with Crippen molar-refractivity contribution in [3.05, 3.63) is 53.0 Å². The maximum atomic E-state index is 13.5. The number of nitrogens with zero attached hydrogens (tertiary/aromatic N) is 3. The Hall–Kier alpha value is -2.65. The van der Waals surface area contributed by atoms with E-state index in [1.54, 1.807) is 29.2 Å². The number of thioether (sulfide) groups is 1. The van der Waals surface area contributed by atoms with Crippen molar-refractivity contribution in [2.45, 2.75) is 55.8 Å². The Labute approximate surface area is 210 Å². The van der Waals surface area contributed by atoms with Crippen LogP contribution >= 0.6 is 27.7 Å². The van der Waals surface area contributed by atoms with Crippen molar-refractivity contribution in [2.24, 2.45) is 0 Å². The predicted octanol–water partition coefficient (Wildman–Crippen LogP) is 4.91. The Morgan fingerprint density at radius 1 is 1.09 bits per heavy atom. The highest BCUT2D eigenvalue weighted by Crippen LogP contribution is 2.32. The largest absolute Gasteiger partial charge is 0.333 e. The summed E-state index contributed by atoms with van der Waals surface area (Å²) in [6.45, 7) is 0. The minimum Gasteiger partial charge on any atom is -0.333 e. The fourth-order valence-corrected chi connectivity index (χ4v) is 5.91. The molecule has 0 bridgehead atoms. The zero-order chi connectivity index (χ0) is 23.7. The standard InChI is InChI=1S/C25H25BrN4O3S/c26-16-10-12-18(13-11-16)30-22(31)14-21(24(30)33)29(17-6-2-1-3-7-17)23(32)15-34-25-27-19-8-4-5-9-20(19)28-25/h4-5,8-13,17,21H,1-3,6-7,14-15H2,(H,27,28). The quantitative estimate of drug-likeness (QED) is 0.354. The topological polar surface area (TPSA) is 86.4 Å². The highest BCUT2D eigenvalue weighted by Gasteiger charge is 2.46. The molecule has 176 valence electrons. The minimum atomic E-state index is -0.761. The Kier molecular flexibility index (Phi) is 6.74. The highest BCUT2D eigenvalue weighted by atomic mass is 79.9. The van der Waals surface area contributed by atoms with Gasteiger partial charge in [-0.15, -0.1) is 0 Å². The van der Waals surface area contributed by atoms with Gasteiger partial charge in [0.15, 0.2) is 5.16 Å². The Bertz CT molecular complexity index is 1190. The smallest absolute Gasteiger partial charge is 0.257 e. The van der Waals surface area contributed by atoms with E-state index in [4.69, 9.17) is 0 Å². The van der Waals surface area contributed by atoms with Crippen molar-refractivity contribution < 1.29 is 14.4 Å². The van der Waals surface area contributed by atoms with Crippen molar-refractivity contribution in [1.82, 2.24) is 14.9 Å². The summed E-state index contributed by atoms with van der Waals surface area (Å²) in [4.78, 5) is 50.6. The molecule has 2 heterocycles. The second-order valence-corrected chi connectivity index (χ2v) is 10.6. The van der Waals surface area contributed by atoms with E-state index in [0.717, 1.165) is 47.6 Å². The molecule has 0 radical (unpaired) electrons. The summed E-state index contributed by atoms with van der Waals surface area (Å²) in [6, 6.07) is 14.0. The number of hydrogen-bond acceptors (Lipinski definition) is 5. The zero-order valence-electron chi connectivity index (χ0n) is 18.6. The van der Waals surface area contributed by atoms with Crippen molar-refractivity contribution in [3.63, 3.8) is 0 Å². The van der Waals surface area contributed by atoms with Gasteiger partial charge in [0.1, 0.15) is 6.04 Å². The van der Waals surface area contributed by atoms with Crippen LogP contribution in [-0.4, -0.2) is 50.4 Å². The number of benzene rings is 2. The number of amides is 3. The molecule has 1 aromatic heterocycles. The number of carbonyl (C=O) groups is 3. The average molecular weight is 541 g/mol. The minimum absolute atomic E-state index is 0.0203. The summed E-state index contributed by atoms with van der Waals surface area (Å²) in [5.74, 6) is -0.552. The van der Waals surface area contributed by atoms with E-state index in [0.29, 0.717) is 10.8 Å². The summed E-state index contributed by atoms with van der Waals surface area (Å²) < 4.78 is 0.869. The number of aromatic amines is 1. The van der Waals surface area contributed by atoms with E-state index < -0.39 is 6.04 Å². The molecule has 3 aromatic rings. The van der Waals surface area contributed by atoms with Crippen LogP contribution in [0.4, 0.5) is 5.69 Å². The zero-order valence-corrected chi connectivity index (χ0v) is 21.0. The number of carbonyl (C=O) groups excluding carboxylic acids is 3. The first kappa shape index (κ1) is 23.1. The van der Waals surface area contributed by atoms with Crippen LogP contribution in [0.3, 0.4) is 0 Å². The molecule has 1 aliphatic heterocycles. The van der Waals surface area contributed by atoms with Crippen molar-refractivity contribution in [3.8, 4) is 0 Å². The predicted molar refractivity (Wildman–Crippen MR) is 136 cm³/mol. The van der Waals surface area contributed by atoms with Gasteiger partial charge >= 0.3 is 0 Å². The Morgan fingerprint density at radius 2 is 1.82 bits per heavy atom. The van der Waals surface area contributed by atoms with Gasteiger partial charge in [-0.1, -0.05) is 59.1 Å². The highest BCUT2D eigenvalue weighted by molar-refractivity contribution is 9.10. The number of anilines is 1. The Morgan fingerprint density at radius 3 is 2.56 bits per heavy atom. The first-order valence-corrected chi connectivity index (χ1v) is 13.3. The van der Waals surface area contributed by atoms with Gasteiger partial charge in [-0.3, -0.25) is 14.4 Å².